The van der Waals surface area contributed by atoms with Crippen molar-refractivity contribution in [1.82, 2.24) is 0 Å². The lowest BCUT2D eigenvalue weighted by Crippen LogP contribution is -2.40. The highest BCUT2D eigenvalue weighted by Gasteiger charge is 2.33. The first kappa shape index (κ1) is 9.72. The number of hydrogen-bond donors (Lipinski definition) is 0. The van der Waals surface area contributed by atoms with Crippen molar-refractivity contribution in [3.8, 4) is 0 Å². The first-order valence-corrected chi connectivity index (χ1v) is 3.33. The Morgan fingerprint density at radius 1 is 1.60 bits per heavy atom. The summed E-state index contributed by atoms with van der Waals surface area (Å²) in [5, 5.41) is 0. The van der Waals surface area contributed by atoms with Crippen LogP contribution in [-0.4, -0.2) is 31.7 Å². The second kappa shape index (κ2) is 3.78. The molecule has 0 N–H and O–H groups in total. The van der Waals surface area contributed by atoms with Gasteiger partial charge in [0.2, 0.25) is 0 Å². The van der Waals surface area contributed by atoms with Crippen LogP contribution in [-0.2, 0) is 14.3 Å². The van der Waals surface area contributed by atoms with Crippen molar-refractivity contribution in [2.24, 2.45) is 0 Å². The van der Waals surface area contributed by atoms with E-state index in [-0.39, 0.29) is 5.88 Å². The zero-order valence-electron chi connectivity index (χ0n) is 6.31. The largest absolute Gasteiger partial charge is 0.467 e. The lowest BCUT2D eigenvalue weighted by molar-refractivity contribution is -0.161. The molecule has 0 aliphatic carbocycles. The Morgan fingerprint density at radius 3 is 2.20 bits per heavy atom. The molecule has 0 amide bonds. The standard InChI is InChI=1S/C6H11ClO3/c1-6(4-7,10-3)5(8)9-2/h4H2,1-3H3. The summed E-state index contributed by atoms with van der Waals surface area (Å²) in [5.74, 6) is -0.360. The molecular formula is C6H11ClO3. The Morgan fingerprint density at radius 2 is 2.10 bits per heavy atom. The van der Waals surface area contributed by atoms with Crippen LogP contribution in [0.1, 0.15) is 6.92 Å². The van der Waals surface area contributed by atoms with E-state index < -0.39 is 11.6 Å². The molecule has 0 aromatic carbocycles. The highest BCUT2D eigenvalue weighted by atomic mass is 35.5. The topological polar surface area (TPSA) is 35.5 Å². The van der Waals surface area contributed by atoms with Gasteiger partial charge in [-0.1, -0.05) is 0 Å². The van der Waals surface area contributed by atoms with Crippen LogP contribution < -0.4 is 0 Å². The number of methoxy groups -OCH3 is 2. The molecule has 1 atom stereocenters. The van der Waals surface area contributed by atoms with Crippen LogP contribution in [0.15, 0.2) is 0 Å². The smallest absolute Gasteiger partial charge is 0.339 e. The van der Waals surface area contributed by atoms with Gasteiger partial charge in [-0.25, -0.2) is 4.79 Å². The van der Waals surface area contributed by atoms with Crippen LogP contribution in [0, 0.1) is 0 Å². The van der Waals surface area contributed by atoms with Crippen LogP contribution in [0.3, 0.4) is 0 Å². The number of carbonyl (C=O) groups is 1. The molecule has 0 aromatic heterocycles. The van der Waals surface area contributed by atoms with E-state index >= 15 is 0 Å². The van der Waals surface area contributed by atoms with Gasteiger partial charge in [0.05, 0.1) is 13.0 Å². The molecule has 0 aromatic rings. The molecule has 0 fully saturated rings. The molecule has 0 saturated carbocycles. The van der Waals surface area contributed by atoms with Gasteiger partial charge in [0.25, 0.3) is 0 Å². The third-order valence-electron chi connectivity index (χ3n) is 1.32. The van der Waals surface area contributed by atoms with Gasteiger partial charge in [-0.05, 0) is 6.92 Å². The number of ether oxygens (including phenoxy) is 2. The summed E-state index contributed by atoms with van der Waals surface area (Å²) >= 11 is 5.46. The Hall–Kier alpha value is -0.280. The second-order valence-electron chi connectivity index (χ2n) is 2.06. The van der Waals surface area contributed by atoms with E-state index in [9.17, 15) is 4.79 Å². The van der Waals surface area contributed by atoms with Crippen molar-refractivity contribution < 1.29 is 14.3 Å². The van der Waals surface area contributed by atoms with E-state index in [4.69, 9.17) is 16.3 Å². The number of halogens is 1. The number of esters is 1. The molecule has 1 unspecified atom stereocenters. The lowest BCUT2D eigenvalue weighted by atomic mass is 10.1. The summed E-state index contributed by atoms with van der Waals surface area (Å²) in [6.07, 6.45) is 0. The van der Waals surface area contributed by atoms with Crippen molar-refractivity contribution >= 4 is 17.6 Å². The Bertz CT molecular complexity index is 120. The SMILES string of the molecule is COC(=O)C(C)(CCl)OC. The molecule has 4 heteroatoms. The third kappa shape index (κ3) is 1.85. The van der Waals surface area contributed by atoms with Crippen molar-refractivity contribution in [2.75, 3.05) is 20.1 Å². The molecule has 0 saturated heterocycles. The van der Waals surface area contributed by atoms with E-state index in [2.05, 4.69) is 4.74 Å². The maximum atomic E-state index is 10.9. The molecule has 0 radical (unpaired) electrons. The number of carbonyl (C=O) groups excluding carboxylic acids is 1. The molecule has 0 aliphatic rings. The third-order valence-corrected chi connectivity index (χ3v) is 1.83. The van der Waals surface area contributed by atoms with Gasteiger partial charge in [0.15, 0.2) is 5.60 Å². The van der Waals surface area contributed by atoms with Crippen molar-refractivity contribution in [3.05, 3.63) is 0 Å². The quantitative estimate of drug-likeness (QED) is 0.460. The molecule has 3 nitrogen and oxygen atoms in total. The fourth-order valence-corrected chi connectivity index (χ4v) is 0.627. The Labute approximate surface area is 65.3 Å². The molecule has 0 aliphatic heterocycles. The minimum atomic E-state index is -1.00. The number of alkyl halides is 1. The zero-order valence-corrected chi connectivity index (χ0v) is 7.07. The van der Waals surface area contributed by atoms with Gasteiger partial charge in [0, 0.05) is 7.11 Å². The molecule has 0 bridgehead atoms. The molecule has 0 heterocycles. The maximum absolute atomic E-state index is 10.9. The van der Waals surface area contributed by atoms with Gasteiger partial charge in [0.1, 0.15) is 0 Å². The van der Waals surface area contributed by atoms with Crippen LogP contribution in [0.2, 0.25) is 0 Å². The maximum Gasteiger partial charge on any atom is 0.339 e. The van der Waals surface area contributed by atoms with E-state index in [1.165, 1.54) is 14.2 Å². The number of hydrogen-bond acceptors (Lipinski definition) is 3. The minimum Gasteiger partial charge on any atom is -0.467 e. The van der Waals surface area contributed by atoms with Crippen LogP contribution in [0.5, 0.6) is 0 Å². The van der Waals surface area contributed by atoms with Crippen LogP contribution in [0.25, 0.3) is 0 Å². The normalized spacial score (nSPS) is 16.0. The van der Waals surface area contributed by atoms with Gasteiger partial charge < -0.3 is 9.47 Å². The zero-order chi connectivity index (χ0) is 8.20. The van der Waals surface area contributed by atoms with E-state index in [0.29, 0.717) is 0 Å². The summed E-state index contributed by atoms with van der Waals surface area (Å²) in [6, 6.07) is 0. The predicted molar refractivity (Wildman–Crippen MR) is 38.2 cm³/mol. The van der Waals surface area contributed by atoms with E-state index in [1.807, 2.05) is 0 Å². The second-order valence-corrected chi connectivity index (χ2v) is 2.33. The summed E-state index contributed by atoms with van der Waals surface area (Å²) in [5.41, 5.74) is -1.00. The first-order chi connectivity index (χ1) is 4.60. The monoisotopic (exact) mass is 166 g/mol. The molecule has 0 rings (SSSR count). The average molecular weight is 167 g/mol. The molecular weight excluding hydrogens is 156 g/mol. The van der Waals surface area contributed by atoms with Crippen LogP contribution in [0.4, 0.5) is 0 Å². The summed E-state index contributed by atoms with van der Waals surface area (Å²) in [6.45, 7) is 1.58. The average Bonchev–Trinajstić information content (AvgIpc) is 2.01. The summed E-state index contributed by atoms with van der Waals surface area (Å²) in [4.78, 5) is 10.9. The highest BCUT2D eigenvalue weighted by Crippen LogP contribution is 2.12. The fourth-order valence-electron chi connectivity index (χ4n) is 0.408. The number of rotatable bonds is 3. The van der Waals surface area contributed by atoms with Crippen molar-refractivity contribution in [3.63, 3.8) is 0 Å². The van der Waals surface area contributed by atoms with E-state index in [1.54, 1.807) is 6.92 Å². The van der Waals surface area contributed by atoms with Crippen LogP contribution >= 0.6 is 11.6 Å². The Kier molecular flexibility index (Phi) is 3.68. The summed E-state index contributed by atoms with van der Waals surface area (Å²) < 4.78 is 9.28. The van der Waals surface area contributed by atoms with Gasteiger partial charge in [-0.2, -0.15) is 0 Å². The van der Waals surface area contributed by atoms with Gasteiger partial charge >= 0.3 is 5.97 Å². The van der Waals surface area contributed by atoms with Crippen molar-refractivity contribution in [1.29, 1.82) is 0 Å². The van der Waals surface area contributed by atoms with Gasteiger partial charge in [-0.15, -0.1) is 11.6 Å². The molecule has 10 heavy (non-hydrogen) atoms. The predicted octanol–water partition coefficient (Wildman–Crippen LogP) is 0.803. The highest BCUT2D eigenvalue weighted by molar-refractivity contribution is 6.20. The summed E-state index contributed by atoms with van der Waals surface area (Å²) in [7, 11) is 2.71. The first-order valence-electron chi connectivity index (χ1n) is 2.80. The molecule has 60 valence electrons. The lowest BCUT2D eigenvalue weighted by Gasteiger charge is -2.21. The Balaban J connectivity index is 4.17. The molecule has 0 spiro atoms. The minimum absolute atomic E-state index is 0.0934. The fraction of sp³-hybridized carbons (Fsp3) is 0.833. The van der Waals surface area contributed by atoms with Crippen molar-refractivity contribution in [2.45, 2.75) is 12.5 Å². The van der Waals surface area contributed by atoms with E-state index in [0.717, 1.165) is 0 Å². The van der Waals surface area contributed by atoms with Gasteiger partial charge in [-0.3, -0.25) is 0 Å².